The fourth-order valence-electron chi connectivity index (χ4n) is 1.77. The molecule has 20 heavy (non-hydrogen) atoms. The minimum Gasteiger partial charge on any atom is -0.494 e. The Morgan fingerprint density at radius 3 is 2.10 bits per heavy atom. The molecule has 2 nitrogen and oxygen atoms in total. The lowest BCUT2D eigenvalue weighted by Gasteiger charge is -2.08. The second-order valence-electron chi connectivity index (χ2n) is 4.03. The predicted molar refractivity (Wildman–Crippen MR) is 82.5 cm³/mol. The topological polar surface area (TPSA) is 26.3 Å². The highest BCUT2D eigenvalue weighted by Gasteiger charge is 2.17. The van der Waals surface area contributed by atoms with Crippen LogP contribution in [0.5, 0.6) is 5.75 Å². The predicted octanol–water partition coefficient (Wildman–Crippen LogP) is 5.28. The SMILES string of the molecule is CCOc1ccc(C(=O)c2c(Cl)cc(Cl)cc2Cl)cc1. The van der Waals surface area contributed by atoms with Gasteiger partial charge in [-0.15, -0.1) is 0 Å². The van der Waals surface area contributed by atoms with Crippen molar-refractivity contribution in [1.29, 1.82) is 0 Å². The van der Waals surface area contributed by atoms with Crippen LogP contribution in [-0.4, -0.2) is 12.4 Å². The first-order valence-corrected chi connectivity index (χ1v) is 7.08. The maximum Gasteiger partial charge on any atom is 0.196 e. The van der Waals surface area contributed by atoms with Crippen molar-refractivity contribution in [2.45, 2.75) is 6.92 Å². The third-order valence-corrected chi connectivity index (χ3v) is 3.48. The number of ether oxygens (including phenoxy) is 1. The largest absolute Gasteiger partial charge is 0.494 e. The van der Waals surface area contributed by atoms with Gasteiger partial charge in [0.05, 0.1) is 22.2 Å². The third kappa shape index (κ3) is 3.26. The molecular weight excluding hydrogens is 319 g/mol. The minimum atomic E-state index is -0.250. The van der Waals surface area contributed by atoms with Crippen molar-refractivity contribution < 1.29 is 9.53 Å². The molecule has 0 aromatic heterocycles. The summed E-state index contributed by atoms with van der Waals surface area (Å²) in [7, 11) is 0. The van der Waals surface area contributed by atoms with Crippen molar-refractivity contribution in [3.8, 4) is 5.75 Å². The van der Waals surface area contributed by atoms with Gasteiger partial charge in [0.15, 0.2) is 5.78 Å². The number of rotatable bonds is 4. The van der Waals surface area contributed by atoms with Crippen LogP contribution in [0.15, 0.2) is 36.4 Å². The van der Waals surface area contributed by atoms with Crippen LogP contribution >= 0.6 is 34.8 Å². The fourth-order valence-corrected chi connectivity index (χ4v) is 2.76. The molecule has 2 rings (SSSR count). The van der Waals surface area contributed by atoms with Crippen molar-refractivity contribution >= 4 is 40.6 Å². The van der Waals surface area contributed by atoms with E-state index in [-0.39, 0.29) is 21.4 Å². The Morgan fingerprint density at radius 1 is 1.05 bits per heavy atom. The van der Waals surface area contributed by atoms with E-state index in [1.165, 1.54) is 12.1 Å². The molecule has 0 saturated heterocycles. The molecule has 0 fully saturated rings. The lowest BCUT2D eigenvalue weighted by atomic mass is 10.0. The molecule has 0 N–H and O–H groups in total. The molecule has 2 aromatic rings. The number of benzene rings is 2. The molecular formula is C15H11Cl3O2. The molecule has 0 aliphatic rings. The van der Waals surface area contributed by atoms with Gasteiger partial charge in [0.25, 0.3) is 0 Å². The summed E-state index contributed by atoms with van der Waals surface area (Å²) in [5.41, 5.74) is 0.737. The molecule has 0 aliphatic heterocycles. The van der Waals surface area contributed by atoms with E-state index < -0.39 is 0 Å². The smallest absolute Gasteiger partial charge is 0.196 e. The van der Waals surface area contributed by atoms with Crippen molar-refractivity contribution in [1.82, 2.24) is 0 Å². The number of carbonyl (C=O) groups is 1. The van der Waals surface area contributed by atoms with Crippen LogP contribution in [0, 0.1) is 0 Å². The summed E-state index contributed by atoms with van der Waals surface area (Å²) >= 11 is 17.9. The van der Waals surface area contributed by atoms with Gasteiger partial charge in [0.2, 0.25) is 0 Å². The van der Waals surface area contributed by atoms with Crippen molar-refractivity contribution in [2.75, 3.05) is 6.61 Å². The first-order chi connectivity index (χ1) is 9.52. The average molecular weight is 330 g/mol. The summed E-state index contributed by atoms with van der Waals surface area (Å²) in [6.45, 7) is 2.47. The van der Waals surface area contributed by atoms with E-state index in [2.05, 4.69) is 0 Å². The Labute approximate surface area is 132 Å². The monoisotopic (exact) mass is 328 g/mol. The fraction of sp³-hybridized carbons (Fsp3) is 0.133. The zero-order valence-electron chi connectivity index (χ0n) is 10.6. The quantitative estimate of drug-likeness (QED) is 0.714. The summed E-state index contributed by atoms with van der Waals surface area (Å²) in [5, 5.41) is 0.867. The van der Waals surface area contributed by atoms with Crippen molar-refractivity contribution in [2.24, 2.45) is 0 Å². The minimum absolute atomic E-state index is 0.237. The van der Waals surface area contributed by atoms with Crippen LogP contribution in [0.4, 0.5) is 0 Å². The number of carbonyl (C=O) groups excluding carboxylic acids is 1. The zero-order valence-corrected chi connectivity index (χ0v) is 12.9. The summed E-state index contributed by atoms with van der Waals surface area (Å²) < 4.78 is 5.33. The van der Waals surface area contributed by atoms with Crippen LogP contribution in [0.2, 0.25) is 15.1 Å². The lowest BCUT2D eigenvalue weighted by molar-refractivity contribution is 0.103. The molecule has 104 valence electrons. The van der Waals surface area contributed by atoms with E-state index in [0.29, 0.717) is 22.9 Å². The second-order valence-corrected chi connectivity index (χ2v) is 5.28. The van der Waals surface area contributed by atoms with Crippen molar-refractivity contribution in [3.05, 3.63) is 62.6 Å². The van der Waals surface area contributed by atoms with E-state index in [1.54, 1.807) is 24.3 Å². The van der Waals surface area contributed by atoms with Gasteiger partial charge in [0, 0.05) is 10.6 Å². The summed E-state index contributed by atoms with van der Waals surface area (Å²) in [6.07, 6.45) is 0. The number of hydrogen-bond donors (Lipinski definition) is 0. The van der Waals surface area contributed by atoms with Gasteiger partial charge < -0.3 is 4.74 Å². The Morgan fingerprint density at radius 2 is 1.60 bits per heavy atom. The molecule has 0 saturated carbocycles. The summed E-state index contributed by atoms with van der Waals surface area (Å²) in [5.74, 6) is 0.456. The molecule has 0 heterocycles. The van der Waals surface area contributed by atoms with Crippen LogP contribution in [0.25, 0.3) is 0 Å². The van der Waals surface area contributed by atoms with E-state index in [9.17, 15) is 4.79 Å². The highest BCUT2D eigenvalue weighted by atomic mass is 35.5. The first kappa shape index (κ1) is 15.2. The molecule has 0 atom stereocenters. The van der Waals surface area contributed by atoms with Gasteiger partial charge in [-0.05, 0) is 43.3 Å². The van der Waals surface area contributed by atoms with Gasteiger partial charge in [0.1, 0.15) is 5.75 Å². The van der Waals surface area contributed by atoms with Gasteiger partial charge in [-0.2, -0.15) is 0 Å². The van der Waals surface area contributed by atoms with Crippen molar-refractivity contribution in [3.63, 3.8) is 0 Å². The average Bonchev–Trinajstić information content (AvgIpc) is 2.38. The number of halogens is 3. The van der Waals surface area contributed by atoms with Gasteiger partial charge >= 0.3 is 0 Å². The highest BCUT2D eigenvalue weighted by molar-refractivity contribution is 6.43. The zero-order chi connectivity index (χ0) is 14.7. The molecule has 0 unspecified atom stereocenters. The standard InChI is InChI=1S/C15H11Cl3O2/c1-2-20-11-5-3-9(4-6-11)15(19)14-12(17)7-10(16)8-13(14)18/h3-8H,2H2,1H3. The molecule has 0 radical (unpaired) electrons. The van der Waals surface area contributed by atoms with Crippen LogP contribution in [0.3, 0.4) is 0 Å². The Bertz CT molecular complexity index is 613. The Balaban J connectivity index is 2.36. The van der Waals surface area contributed by atoms with E-state index >= 15 is 0 Å². The molecule has 2 aromatic carbocycles. The van der Waals surface area contributed by atoms with E-state index in [1.807, 2.05) is 6.92 Å². The van der Waals surface area contributed by atoms with Gasteiger partial charge in [-0.3, -0.25) is 4.79 Å². The summed E-state index contributed by atoms with van der Waals surface area (Å²) in [4.78, 5) is 12.4. The third-order valence-electron chi connectivity index (χ3n) is 2.66. The second kappa shape index (κ2) is 6.49. The molecule has 5 heteroatoms. The maximum absolute atomic E-state index is 12.4. The molecule has 0 spiro atoms. The molecule has 0 amide bonds. The number of ketones is 1. The normalized spacial score (nSPS) is 10.4. The highest BCUT2D eigenvalue weighted by Crippen LogP contribution is 2.31. The lowest BCUT2D eigenvalue weighted by Crippen LogP contribution is -2.03. The Hall–Kier alpha value is -1.22. The van der Waals surface area contributed by atoms with Crippen LogP contribution < -0.4 is 4.74 Å². The Kier molecular flexibility index (Phi) is 4.92. The number of hydrogen-bond acceptors (Lipinski definition) is 2. The molecule has 0 bridgehead atoms. The van der Waals surface area contributed by atoms with Gasteiger partial charge in [-0.25, -0.2) is 0 Å². The summed E-state index contributed by atoms with van der Waals surface area (Å²) in [6, 6.07) is 9.81. The van der Waals surface area contributed by atoms with Gasteiger partial charge in [-0.1, -0.05) is 34.8 Å². The van der Waals surface area contributed by atoms with E-state index in [0.717, 1.165) is 0 Å². The molecule has 0 aliphatic carbocycles. The maximum atomic E-state index is 12.4. The first-order valence-electron chi connectivity index (χ1n) is 5.95. The van der Waals surface area contributed by atoms with E-state index in [4.69, 9.17) is 39.5 Å². The van der Waals surface area contributed by atoms with Crippen LogP contribution in [-0.2, 0) is 0 Å². The van der Waals surface area contributed by atoms with Crippen LogP contribution in [0.1, 0.15) is 22.8 Å².